The number of nitrogens with one attached hydrogen (secondary N) is 1. The summed E-state index contributed by atoms with van der Waals surface area (Å²) in [6, 6.07) is 7.70. The first-order valence-electron chi connectivity index (χ1n) is 12.2. The SMILES string of the molecule is Cc1nc2ccc(Oc3c(C)cc4ncc(-c5cnn(CC6CCN(C)CC6)c5)nc4c3Cl)cc2[nH]1. The summed E-state index contributed by atoms with van der Waals surface area (Å²) in [7, 11) is 2.18. The summed E-state index contributed by atoms with van der Waals surface area (Å²) in [6.07, 6.45) is 8.09. The Kier molecular flexibility index (Phi) is 5.85. The topological polar surface area (TPSA) is 84.8 Å². The number of rotatable bonds is 5. The van der Waals surface area contributed by atoms with Crippen LogP contribution in [-0.4, -0.2) is 54.8 Å². The standard InChI is InChI=1S/C27H28ClN7O/c1-16-10-23-26(25(28)27(16)36-20-4-5-21-22(11-20)32-17(2)31-21)33-24(13-29-23)19-12-30-35(15-19)14-18-6-8-34(3)9-7-18/h4-5,10-13,15,18H,6-9,14H2,1-3H3,(H,31,32). The highest BCUT2D eigenvalue weighted by molar-refractivity contribution is 6.36. The molecular weight excluding hydrogens is 474 g/mol. The van der Waals surface area contributed by atoms with E-state index in [0.29, 0.717) is 28.0 Å². The molecule has 184 valence electrons. The van der Waals surface area contributed by atoms with Crippen molar-refractivity contribution in [3.8, 4) is 22.8 Å². The van der Waals surface area contributed by atoms with Gasteiger partial charge in [-0.15, -0.1) is 0 Å². The average Bonchev–Trinajstić information content (AvgIpc) is 3.48. The zero-order chi connectivity index (χ0) is 24.8. The molecule has 0 aliphatic carbocycles. The lowest BCUT2D eigenvalue weighted by Gasteiger charge is -2.28. The molecule has 1 aliphatic heterocycles. The highest BCUT2D eigenvalue weighted by atomic mass is 35.5. The number of likely N-dealkylation sites (tertiary alicyclic amines) is 1. The van der Waals surface area contributed by atoms with E-state index in [2.05, 4.69) is 38.2 Å². The molecule has 6 rings (SSSR count). The van der Waals surface area contributed by atoms with Gasteiger partial charge in [-0.05, 0) is 76.5 Å². The van der Waals surface area contributed by atoms with Crippen LogP contribution >= 0.6 is 11.6 Å². The van der Waals surface area contributed by atoms with E-state index in [4.69, 9.17) is 21.3 Å². The third-order valence-corrected chi connectivity index (χ3v) is 7.27. The van der Waals surface area contributed by atoms with Gasteiger partial charge in [0.1, 0.15) is 22.1 Å². The van der Waals surface area contributed by atoms with Gasteiger partial charge < -0.3 is 14.6 Å². The molecule has 1 saturated heterocycles. The van der Waals surface area contributed by atoms with Gasteiger partial charge in [0.05, 0.1) is 34.6 Å². The van der Waals surface area contributed by atoms with Crippen molar-refractivity contribution in [3.05, 3.63) is 59.3 Å². The van der Waals surface area contributed by atoms with Crippen LogP contribution in [0.4, 0.5) is 0 Å². The van der Waals surface area contributed by atoms with Crippen molar-refractivity contribution in [2.45, 2.75) is 33.2 Å². The van der Waals surface area contributed by atoms with E-state index >= 15 is 0 Å². The summed E-state index contributed by atoms with van der Waals surface area (Å²) in [5, 5.41) is 5.04. The molecule has 9 heteroatoms. The van der Waals surface area contributed by atoms with Gasteiger partial charge >= 0.3 is 0 Å². The fraction of sp³-hybridized carbons (Fsp3) is 0.333. The Morgan fingerprint density at radius 3 is 2.75 bits per heavy atom. The number of aromatic nitrogens is 6. The summed E-state index contributed by atoms with van der Waals surface area (Å²) >= 11 is 6.85. The molecule has 1 N–H and O–H groups in total. The van der Waals surface area contributed by atoms with Crippen molar-refractivity contribution in [1.29, 1.82) is 0 Å². The summed E-state index contributed by atoms with van der Waals surface area (Å²) < 4.78 is 8.26. The molecule has 0 saturated carbocycles. The predicted molar refractivity (Wildman–Crippen MR) is 142 cm³/mol. The fourth-order valence-electron chi connectivity index (χ4n) is 4.88. The second-order valence-corrected chi connectivity index (χ2v) is 10.1. The van der Waals surface area contributed by atoms with Crippen LogP contribution in [0.3, 0.4) is 0 Å². The maximum atomic E-state index is 6.85. The fourth-order valence-corrected chi connectivity index (χ4v) is 5.21. The van der Waals surface area contributed by atoms with Gasteiger partial charge in [0, 0.05) is 24.4 Å². The molecule has 0 spiro atoms. The van der Waals surface area contributed by atoms with Crippen LogP contribution < -0.4 is 4.74 Å². The first-order chi connectivity index (χ1) is 17.4. The smallest absolute Gasteiger partial charge is 0.151 e. The highest BCUT2D eigenvalue weighted by Crippen LogP contribution is 2.38. The lowest BCUT2D eigenvalue weighted by atomic mass is 9.97. The molecule has 2 aromatic carbocycles. The van der Waals surface area contributed by atoms with Gasteiger partial charge in [0.25, 0.3) is 0 Å². The third kappa shape index (κ3) is 4.42. The number of imidazole rings is 1. The number of hydrogen-bond acceptors (Lipinski definition) is 6. The maximum Gasteiger partial charge on any atom is 0.151 e. The minimum Gasteiger partial charge on any atom is -0.455 e. The molecule has 0 unspecified atom stereocenters. The van der Waals surface area contributed by atoms with Crippen LogP contribution in [0.1, 0.15) is 24.2 Å². The van der Waals surface area contributed by atoms with Crippen molar-refractivity contribution < 1.29 is 4.74 Å². The summed E-state index contributed by atoms with van der Waals surface area (Å²) in [5.41, 5.74) is 5.70. The minimum atomic E-state index is 0.443. The molecule has 0 atom stereocenters. The maximum absolute atomic E-state index is 6.85. The molecule has 8 nitrogen and oxygen atoms in total. The lowest BCUT2D eigenvalue weighted by Crippen LogP contribution is -2.31. The van der Waals surface area contributed by atoms with Crippen LogP contribution in [0.5, 0.6) is 11.5 Å². The van der Waals surface area contributed by atoms with Crippen molar-refractivity contribution in [3.63, 3.8) is 0 Å². The number of aromatic amines is 1. The zero-order valence-corrected chi connectivity index (χ0v) is 21.4. The molecular formula is C27H28ClN7O. The van der Waals surface area contributed by atoms with Gasteiger partial charge in [-0.2, -0.15) is 5.10 Å². The van der Waals surface area contributed by atoms with Crippen molar-refractivity contribution in [1.82, 2.24) is 34.6 Å². The van der Waals surface area contributed by atoms with E-state index < -0.39 is 0 Å². The number of nitrogens with zero attached hydrogens (tertiary/aromatic N) is 6. The third-order valence-electron chi connectivity index (χ3n) is 6.92. The number of H-pyrrole nitrogens is 1. The molecule has 0 amide bonds. The van der Waals surface area contributed by atoms with Gasteiger partial charge in [0.15, 0.2) is 5.75 Å². The van der Waals surface area contributed by atoms with E-state index in [9.17, 15) is 0 Å². The van der Waals surface area contributed by atoms with E-state index in [-0.39, 0.29) is 0 Å². The Morgan fingerprint density at radius 2 is 1.92 bits per heavy atom. The number of aryl methyl sites for hydroxylation is 2. The molecule has 1 fully saturated rings. The first-order valence-corrected chi connectivity index (χ1v) is 12.6. The van der Waals surface area contributed by atoms with Gasteiger partial charge in [0.2, 0.25) is 0 Å². The quantitative estimate of drug-likeness (QED) is 0.329. The van der Waals surface area contributed by atoms with Crippen LogP contribution in [0.25, 0.3) is 33.3 Å². The van der Waals surface area contributed by atoms with Crippen molar-refractivity contribution >= 4 is 33.7 Å². The van der Waals surface area contributed by atoms with E-state index in [0.717, 1.165) is 58.8 Å². The van der Waals surface area contributed by atoms with Crippen LogP contribution in [0.15, 0.2) is 42.9 Å². The first kappa shape index (κ1) is 22.9. The summed E-state index contributed by atoms with van der Waals surface area (Å²) in [4.78, 5) is 19.6. The molecule has 36 heavy (non-hydrogen) atoms. The van der Waals surface area contributed by atoms with Crippen LogP contribution in [0.2, 0.25) is 5.02 Å². The van der Waals surface area contributed by atoms with Crippen molar-refractivity contribution in [2.24, 2.45) is 5.92 Å². The van der Waals surface area contributed by atoms with Crippen LogP contribution in [0, 0.1) is 19.8 Å². The Morgan fingerprint density at radius 1 is 1.08 bits per heavy atom. The number of benzene rings is 2. The second-order valence-electron chi connectivity index (χ2n) is 9.76. The lowest BCUT2D eigenvalue weighted by molar-refractivity contribution is 0.201. The number of fused-ring (bicyclic) bond motifs is 2. The van der Waals surface area contributed by atoms with Gasteiger partial charge in [-0.3, -0.25) is 9.67 Å². The monoisotopic (exact) mass is 501 g/mol. The summed E-state index contributed by atoms with van der Waals surface area (Å²) in [5.74, 6) is 2.76. The number of hydrogen-bond donors (Lipinski definition) is 1. The number of ether oxygens (including phenoxy) is 1. The van der Waals surface area contributed by atoms with Crippen LogP contribution in [-0.2, 0) is 6.54 Å². The highest BCUT2D eigenvalue weighted by Gasteiger charge is 2.19. The van der Waals surface area contributed by atoms with E-state index in [1.54, 1.807) is 6.20 Å². The Bertz CT molecular complexity index is 1570. The number of piperidine rings is 1. The van der Waals surface area contributed by atoms with Gasteiger partial charge in [-0.1, -0.05) is 11.6 Å². The summed E-state index contributed by atoms with van der Waals surface area (Å²) in [6.45, 7) is 7.11. The Balaban J connectivity index is 1.29. The number of halogens is 1. The molecule has 4 heterocycles. The molecule has 1 aliphatic rings. The normalized spacial score (nSPS) is 15.2. The average molecular weight is 502 g/mol. The Hall–Kier alpha value is -3.49. The van der Waals surface area contributed by atoms with E-state index in [1.807, 2.05) is 49.0 Å². The van der Waals surface area contributed by atoms with E-state index in [1.165, 1.54) is 12.8 Å². The molecule has 0 radical (unpaired) electrons. The Labute approximate surface area is 214 Å². The zero-order valence-electron chi connectivity index (χ0n) is 20.6. The molecule has 3 aromatic heterocycles. The largest absolute Gasteiger partial charge is 0.455 e. The second kappa shape index (κ2) is 9.19. The van der Waals surface area contributed by atoms with Gasteiger partial charge in [-0.25, -0.2) is 9.97 Å². The minimum absolute atomic E-state index is 0.443. The predicted octanol–water partition coefficient (Wildman–Crippen LogP) is 5.77. The van der Waals surface area contributed by atoms with Crippen molar-refractivity contribution in [2.75, 3.05) is 20.1 Å². The molecule has 0 bridgehead atoms. The molecule has 5 aromatic rings.